The van der Waals surface area contributed by atoms with Gasteiger partial charge in [-0.05, 0) is 49.2 Å². The number of nitrogens with zero attached hydrogens (tertiary/aromatic N) is 4. The number of hydrogen-bond donors (Lipinski definition) is 1. The Hall–Kier alpha value is -3.90. The van der Waals surface area contributed by atoms with E-state index in [4.69, 9.17) is 0 Å². The van der Waals surface area contributed by atoms with Crippen molar-refractivity contribution >= 4 is 5.69 Å². The van der Waals surface area contributed by atoms with Gasteiger partial charge in [-0.3, -0.25) is 14.7 Å². The van der Waals surface area contributed by atoms with Crippen molar-refractivity contribution in [2.45, 2.75) is 26.4 Å². The Kier molecular flexibility index (Phi) is 6.87. The molecule has 1 N–H and O–H groups in total. The quantitative estimate of drug-likeness (QED) is 0.440. The van der Waals surface area contributed by atoms with Crippen molar-refractivity contribution in [1.82, 2.24) is 14.5 Å². The van der Waals surface area contributed by atoms with Crippen LogP contribution in [0.2, 0.25) is 0 Å². The van der Waals surface area contributed by atoms with Gasteiger partial charge >= 0.3 is 0 Å². The number of piperazine rings is 1. The minimum Gasteiger partial charge on any atom is -0.507 e. The van der Waals surface area contributed by atoms with Gasteiger partial charge < -0.3 is 14.6 Å². The summed E-state index contributed by atoms with van der Waals surface area (Å²) in [6.07, 6.45) is 3.50. The lowest BCUT2D eigenvalue weighted by atomic mass is 9.95. The van der Waals surface area contributed by atoms with Crippen LogP contribution >= 0.6 is 0 Å². The molecule has 1 fully saturated rings. The van der Waals surface area contributed by atoms with Gasteiger partial charge in [0.25, 0.3) is 5.56 Å². The van der Waals surface area contributed by atoms with Crippen LogP contribution in [0, 0.1) is 13.8 Å². The Bertz CT molecular complexity index is 1360. The predicted molar refractivity (Wildman–Crippen MR) is 144 cm³/mol. The summed E-state index contributed by atoms with van der Waals surface area (Å²) in [5, 5.41) is 11.1. The third kappa shape index (κ3) is 4.90. The smallest absolute Gasteiger partial charge is 0.259 e. The maximum Gasteiger partial charge on any atom is 0.259 e. The van der Waals surface area contributed by atoms with Crippen LogP contribution in [0.5, 0.6) is 5.75 Å². The van der Waals surface area contributed by atoms with E-state index in [1.54, 1.807) is 23.0 Å². The number of aromatic nitrogens is 2. The highest BCUT2D eigenvalue weighted by Crippen LogP contribution is 2.34. The van der Waals surface area contributed by atoms with Crippen LogP contribution in [0.1, 0.15) is 34.0 Å². The summed E-state index contributed by atoms with van der Waals surface area (Å²) in [6, 6.07) is 23.9. The first-order chi connectivity index (χ1) is 17.5. The molecule has 0 spiro atoms. The van der Waals surface area contributed by atoms with Crippen molar-refractivity contribution in [3.8, 4) is 5.75 Å². The summed E-state index contributed by atoms with van der Waals surface area (Å²) >= 11 is 0. The van der Waals surface area contributed by atoms with E-state index in [0.717, 1.165) is 48.6 Å². The number of hydrogen-bond acceptors (Lipinski definition) is 5. The van der Waals surface area contributed by atoms with Crippen LogP contribution in [0.15, 0.2) is 90.0 Å². The average Bonchev–Trinajstić information content (AvgIpc) is 2.91. The van der Waals surface area contributed by atoms with Crippen LogP contribution < -0.4 is 10.5 Å². The SMILES string of the molecule is Cc1ccc([C@@H](c2c(O)cc(C)n(Cc3cccnc3)c2=O)N2CCN(c3ccccc3)CC2)cc1. The topological polar surface area (TPSA) is 61.6 Å². The van der Waals surface area contributed by atoms with Crippen molar-refractivity contribution in [2.75, 3.05) is 31.1 Å². The number of pyridine rings is 2. The third-order valence-corrected chi connectivity index (χ3v) is 7.05. The molecule has 0 unspecified atom stereocenters. The molecular weight excluding hydrogens is 448 g/mol. The second-order valence-electron chi connectivity index (χ2n) is 9.51. The Morgan fingerprint density at radius 3 is 2.31 bits per heavy atom. The van der Waals surface area contributed by atoms with Crippen LogP contribution in [0.25, 0.3) is 0 Å². The molecule has 5 rings (SSSR count). The van der Waals surface area contributed by atoms with Crippen LogP contribution in [-0.2, 0) is 6.54 Å². The average molecular weight is 481 g/mol. The Balaban J connectivity index is 1.53. The molecule has 6 nitrogen and oxygen atoms in total. The minimum atomic E-state index is -0.336. The minimum absolute atomic E-state index is 0.0519. The predicted octanol–water partition coefficient (Wildman–Crippen LogP) is 4.53. The van der Waals surface area contributed by atoms with E-state index in [0.29, 0.717) is 12.1 Å². The van der Waals surface area contributed by atoms with Gasteiger partial charge in [0.05, 0.1) is 18.2 Å². The summed E-state index contributed by atoms with van der Waals surface area (Å²) < 4.78 is 1.74. The Morgan fingerprint density at radius 1 is 0.917 bits per heavy atom. The molecule has 0 aliphatic carbocycles. The van der Waals surface area contributed by atoms with Crippen LogP contribution in [-0.4, -0.2) is 45.7 Å². The summed E-state index contributed by atoms with van der Waals surface area (Å²) in [4.78, 5) is 22.9. The first-order valence-electron chi connectivity index (χ1n) is 12.4. The summed E-state index contributed by atoms with van der Waals surface area (Å²) in [7, 11) is 0. The van der Waals surface area contributed by atoms with E-state index in [-0.39, 0.29) is 17.4 Å². The molecule has 3 heterocycles. The van der Waals surface area contributed by atoms with Gasteiger partial charge in [0, 0.05) is 50.0 Å². The lowest BCUT2D eigenvalue weighted by Crippen LogP contribution is -2.49. The molecule has 36 heavy (non-hydrogen) atoms. The number of aryl methyl sites for hydroxylation is 2. The fraction of sp³-hybridized carbons (Fsp3) is 0.267. The van der Waals surface area contributed by atoms with Gasteiger partial charge in [-0.25, -0.2) is 0 Å². The van der Waals surface area contributed by atoms with E-state index in [2.05, 4.69) is 70.2 Å². The van der Waals surface area contributed by atoms with Crippen molar-refractivity contribution in [2.24, 2.45) is 0 Å². The van der Waals surface area contributed by atoms with E-state index in [9.17, 15) is 9.90 Å². The van der Waals surface area contributed by atoms with Gasteiger partial charge in [-0.1, -0.05) is 54.1 Å². The van der Waals surface area contributed by atoms with E-state index in [1.165, 1.54) is 5.69 Å². The van der Waals surface area contributed by atoms with Crippen molar-refractivity contribution in [3.63, 3.8) is 0 Å². The second-order valence-corrected chi connectivity index (χ2v) is 9.51. The maximum absolute atomic E-state index is 14.0. The van der Waals surface area contributed by atoms with Gasteiger partial charge in [0.2, 0.25) is 0 Å². The molecule has 1 atom stereocenters. The summed E-state index contributed by atoms with van der Waals surface area (Å²) in [6.45, 7) is 7.59. The zero-order chi connectivity index (χ0) is 25.1. The van der Waals surface area contributed by atoms with Gasteiger partial charge in [0.1, 0.15) is 5.75 Å². The molecule has 2 aromatic carbocycles. The molecule has 4 aromatic rings. The fourth-order valence-corrected chi connectivity index (χ4v) is 5.08. The summed E-state index contributed by atoms with van der Waals surface area (Å²) in [5.74, 6) is 0.0519. The molecule has 6 heteroatoms. The van der Waals surface area contributed by atoms with Gasteiger partial charge in [-0.2, -0.15) is 0 Å². The highest BCUT2D eigenvalue weighted by molar-refractivity contribution is 5.47. The van der Waals surface area contributed by atoms with E-state index < -0.39 is 0 Å². The molecule has 0 radical (unpaired) electrons. The van der Waals surface area contributed by atoms with Gasteiger partial charge in [0.15, 0.2) is 0 Å². The lowest BCUT2D eigenvalue weighted by Gasteiger charge is -2.40. The van der Waals surface area contributed by atoms with Crippen molar-refractivity contribution in [1.29, 1.82) is 0 Å². The first-order valence-corrected chi connectivity index (χ1v) is 12.4. The fourth-order valence-electron chi connectivity index (χ4n) is 5.08. The molecule has 2 aromatic heterocycles. The summed E-state index contributed by atoms with van der Waals surface area (Å²) in [5.41, 5.74) is 5.32. The zero-order valence-corrected chi connectivity index (χ0v) is 20.8. The normalized spacial score (nSPS) is 15.1. The standard InChI is InChI=1S/C30H32N4O2/c1-22-10-12-25(13-11-22)29(33-17-15-32(16-18-33)26-8-4-3-5-9-26)28-27(35)19-23(2)34(30(28)36)21-24-7-6-14-31-20-24/h3-14,19-20,29,35H,15-18,21H2,1-2H3/t29-/m0/s1. The maximum atomic E-state index is 14.0. The Labute approximate surface area is 212 Å². The van der Waals surface area contributed by atoms with Gasteiger partial charge in [-0.15, -0.1) is 0 Å². The van der Waals surface area contributed by atoms with Crippen LogP contribution in [0.3, 0.4) is 0 Å². The third-order valence-electron chi connectivity index (χ3n) is 7.05. The van der Waals surface area contributed by atoms with Crippen molar-refractivity contribution < 1.29 is 5.11 Å². The number of aromatic hydroxyl groups is 1. The first kappa shape index (κ1) is 23.8. The van der Waals surface area contributed by atoms with Crippen LogP contribution in [0.4, 0.5) is 5.69 Å². The highest BCUT2D eigenvalue weighted by Gasteiger charge is 2.31. The molecule has 1 aliphatic heterocycles. The molecular formula is C30H32N4O2. The van der Waals surface area contributed by atoms with E-state index in [1.807, 2.05) is 25.1 Å². The molecule has 184 valence electrons. The molecule has 0 bridgehead atoms. The number of para-hydroxylation sites is 1. The highest BCUT2D eigenvalue weighted by atomic mass is 16.3. The molecule has 0 saturated carbocycles. The second kappa shape index (κ2) is 10.4. The largest absolute Gasteiger partial charge is 0.507 e. The van der Waals surface area contributed by atoms with E-state index >= 15 is 0 Å². The molecule has 1 saturated heterocycles. The Morgan fingerprint density at radius 2 is 1.64 bits per heavy atom. The number of rotatable bonds is 6. The zero-order valence-electron chi connectivity index (χ0n) is 20.8. The number of benzene rings is 2. The number of anilines is 1. The lowest BCUT2D eigenvalue weighted by molar-refractivity contribution is 0.207. The molecule has 1 aliphatic rings. The molecule has 0 amide bonds. The monoisotopic (exact) mass is 480 g/mol. The van der Waals surface area contributed by atoms with Crippen molar-refractivity contribution in [3.05, 3.63) is 123 Å².